The van der Waals surface area contributed by atoms with Gasteiger partial charge < -0.3 is 15.1 Å². The van der Waals surface area contributed by atoms with Crippen molar-refractivity contribution in [2.45, 2.75) is 56.6 Å². The van der Waals surface area contributed by atoms with E-state index in [9.17, 15) is 9.59 Å². The van der Waals surface area contributed by atoms with Crippen LogP contribution in [0.5, 0.6) is 0 Å². The van der Waals surface area contributed by atoms with E-state index in [1.165, 1.54) is 31.0 Å². The number of aromatic nitrogens is 3. The van der Waals surface area contributed by atoms with Gasteiger partial charge in [-0.15, -0.1) is 10.2 Å². The highest BCUT2D eigenvalue weighted by atomic mass is 32.2. The van der Waals surface area contributed by atoms with E-state index in [1.807, 2.05) is 21.6 Å². The molecule has 152 valence electrons. The van der Waals surface area contributed by atoms with E-state index in [0.717, 1.165) is 31.7 Å². The summed E-state index contributed by atoms with van der Waals surface area (Å²) in [5.74, 6) is 1.51. The van der Waals surface area contributed by atoms with E-state index in [4.69, 9.17) is 10.2 Å². The highest BCUT2D eigenvalue weighted by molar-refractivity contribution is 7.99. The van der Waals surface area contributed by atoms with Gasteiger partial charge in [-0.25, -0.2) is 0 Å². The number of amides is 2. The highest BCUT2D eigenvalue weighted by Crippen LogP contribution is 2.21. The van der Waals surface area contributed by atoms with E-state index in [-0.39, 0.29) is 18.2 Å². The second-order valence-corrected chi connectivity index (χ2v) is 7.91. The van der Waals surface area contributed by atoms with Gasteiger partial charge in [0, 0.05) is 25.9 Å². The molecule has 0 bridgehead atoms. The molecule has 0 aromatic carbocycles. The highest BCUT2D eigenvalue weighted by Gasteiger charge is 2.19. The van der Waals surface area contributed by atoms with E-state index in [1.54, 1.807) is 6.26 Å². The minimum Gasteiger partial charge on any atom is -0.467 e. The Balaban J connectivity index is 1.66. The van der Waals surface area contributed by atoms with Crippen LogP contribution in [0.25, 0.3) is 0 Å². The van der Waals surface area contributed by atoms with Gasteiger partial charge in [0.25, 0.3) is 0 Å². The van der Waals surface area contributed by atoms with Crippen molar-refractivity contribution in [3.05, 3.63) is 30.0 Å². The average molecular weight is 406 g/mol. The fraction of sp³-hybridized carbons (Fsp3) is 0.579. The Kier molecular flexibility index (Phi) is 7.53. The number of likely N-dealkylation sites (tertiary alicyclic amines) is 1. The van der Waals surface area contributed by atoms with Gasteiger partial charge in [-0.1, -0.05) is 31.0 Å². The summed E-state index contributed by atoms with van der Waals surface area (Å²) in [6.07, 6.45) is 8.01. The van der Waals surface area contributed by atoms with Crippen LogP contribution in [0.3, 0.4) is 0 Å². The lowest BCUT2D eigenvalue weighted by Crippen LogP contribution is -2.35. The molecule has 2 N–H and O–H groups in total. The van der Waals surface area contributed by atoms with Gasteiger partial charge in [0.05, 0.1) is 18.6 Å². The van der Waals surface area contributed by atoms with E-state index in [0.29, 0.717) is 29.7 Å². The van der Waals surface area contributed by atoms with Crippen LogP contribution < -0.4 is 5.73 Å². The normalized spacial score (nSPS) is 15.2. The second-order valence-electron chi connectivity index (χ2n) is 6.97. The number of thioether (sulfide) groups is 1. The molecule has 0 atom stereocenters. The zero-order valence-electron chi connectivity index (χ0n) is 16.0. The maximum atomic E-state index is 12.7. The third-order valence-corrected chi connectivity index (χ3v) is 5.77. The molecule has 8 nitrogen and oxygen atoms in total. The fourth-order valence-corrected chi connectivity index (χ4v) is 4.14. The minimum atomic E-state index is -0.381. The van der Waals surface area contributed by atoms with Crippen molar-refractivity contribution >= 4 is 23.6 Å². The zero-order chi connectivity index (χ0) is 19.8. The lowest BCUT2D eigenvalue weighted by molar-refractivity contribution is -0.128. The molecule has 9 heteroatoms. The number of nitrogens with zero attached hydrogens (tertiary/aromatic N) is 4. The van der Waals surface area contributed by atoms with Gasteiger partial charge in [-0.2, -0.15) is 0 Å². The molecule has 3 heterocycles. The third kappa shape index (κ3) is 5.85. The molecule has 0 spiro atoms. The molecular weight excluding hydrogens is 378 g/mol. The first-order valence-electron chi connectivity index (χ1n) is 9.77. The molecule has 1 fully saturated rings. The summed E-state index contributed by atoms with van der Waals surface area (Å²) in [6, 6.07) is 3.69. The predicted octanol–water partition coefficient (Wildman–Crippen LogP) is 2.22. The van der Waals surface area contributed by atoms with Crippen molar-refractivity contribution in [1.29, 1.82) is 0 Å². The molecule has 1 aliphatic heterocycles. The summed E-state index contributed by atoms with van der Waals surface area (Å²) in [4.78, 5) is 25.8. The van der Waals surface area contributed by atoms with Crippen molar-refractivity contribution in [3.8, 4) is 0 Å². The summed E-state index contributed by atoms with van der Waals surface area (Å²) < 4.78 is 7.33. The van der Waals surface area contributed by atoms with Crippen LogP contribution in [0, 0.1) is 0 Å². The monoisotopic (exact) mass is 405 g/mol. The van der Waals surface area contributed by atoms with Crippen LogP contribution in [0.15, 0.2) is 28.0 Å². The van der Waals surface area contributed by atoms with Crippen molar-refractivity contribution < 1.29 is 14.0 Å². The largest absolute Gasteiger partial charge is 0.467 e. The number of furan rings is 1. The molecule has 0 aliphatic carbocycles. The Morgan fingerprint density at radius 3 is 2.57 bits per heavy atom. The third-order valence-electron chi connectivity index (χ3n) is 4.82. The van der Waals surface area contributed by atoms with Crippen LogP contribution in [0.4, 0.5) is 0 Å². The van der Waals surface area contributed by atoms with Crippen LogP contribution in [-0.2, 0) is 22.6 Å². The predicted molar refractivity (Wildman–Crippen MR) is 106 cm³/mol. The maximum absolute atomic E-state index is 12.7. The minimum absolute atomic E-state index is 0.137. The molecule has 3 rings (SSSR count). The lowest BCUT2D eigenvalue weighted by atomic mass is 10.1. The number of rotatable bonds is 8. The van der Waals surface area contributed by atoms with Gasteiger partial charge in [-0.3, -0.25) is 14.2 Å². The van der Waals surface area contributed by atoms with Gasteiger partial charge in [-0.05, 0) is 25.0 Å². The second kappa shape index (κ2) is 10.3. The summed E-state index contributed by atoms with van der Waals surface area (Å²) in [5, 5.41) is 9.09. The number of hydrogen-bond acceptors (Lipinski definition) is 6. The standard InChI is InChI=1S/C19H27N5O3S/c20-16(25)8-9-17-21-22-19(24(17)13-15-7-6-12-27-15)28-14-18(26)23-10-4-2-1-3-5-11-23/h6-7,12H,1-5,8-11,13-14H2,(H2,20,25). The number of aryl methyl sites for hydroxylation is 1. The first-order valence-corrected chi connectivity index (χ1v) is 10.8. The number of carbonyl (C=O) groups is 2. The average Bonchev–Trinajstić information content (AvgIpc) is 3.28. The number of nitrogens with two attached hydrogens (primary N) is 1. The van der Waals surface area contributed by atoms with Crippen molar-refractivity contribution in [2.24, 2.45) is 5.73 Å². The van der Waals surface area contributed by atoms with Crippen LogP contribution in [-0.4, -0.2) is 50.3 Å². The smallest absolute Gasteiger partial charge is 0.233 e. The van der Waals surface area contributed by atoms with E-state index in [2.05, 4.69) is 10.2 Å². The molecule has 0 radical (unpaired) electrons. The first-order chi connectivity index (χ1) is 13.6. The van der Waals surface area contributed by atoms with Gasteiger partial charge >= 0.3 is 0 Å². The number of primary amides is 1. The summed E-state index contributed by atoms with van der Waals surface area (Å²) in [6.45, 7) is 2.12. The topological polar surface area (TPSA) is 107 Å². The Hall–Kier alpha value is -2.29. The van der Waals surface area contributed by atoms with E-state index < -0.39 is 0 Å². The molecule has 1 aliphatic rings. The molecule has 2 aromatic heterocycles. The fourth-order valence-electron chi connectivity index (χ4n) is 3.28. The van der Waals surface area contributed by atoms with E-state index >= 15 is 0 Å². The summed E-state index contributed by atoms with van der Waals surface area (Å²) in [7, 11) is 0. The quantitative estimate of drug-likeness (QED) is 0.675. The van der Waals surface area contributed by atoms with Crippen molar-refractivity contribution in [1.82, 2.24) is 19.7 Å². The molecule has 0 saturated carbocycles. The first kappa shape index (κ1) is 20.4. The van der Waals surface area contributed by atoms with Crippen molar-refractivity contribution in [2.75, 3.05) is 18.8 Å². The molecular formula is C19H27N5O3S. The molecule has 1 saturated heterocycles. The Morgan fingerprint density at radius 1 is 1.14 bits per heavy atom. The van der Waals surface area contributed by atoms with Crippen LogP contribution in [0.1, 0.15) is 50.1 Å². The molecule has 2 amide bonds. The van der Waals surface area contributed by atoms with Gasteiger partial charge in [0.2, 0.25) is 11.8 Å². The van der Waals surface area contributed by atoms with Gasteiger partial charge in [0.15, 0.2) is 5.16 Å². The molecule has 28 heavy (non-hydrogen) atoms. The number of hydrogen-bond donors (Lipinski definition) is 1. The summed E-state index contributed by atoms with van der Waals surface area (Å²) in [5.41, 5.74) is 5.27. The van der Waals surface area contributed by atoms with Crippen LogP contribution >= 0.6 is 11.8 Å². The van der Waals surface area contributed by atoms with Crippen LogP contribution in [0.2, 0.25) is 0 Å². The molecule has 2 aromatic rings. The zero-order valence-corrected chi connectivity index (χ0v) is 16.8. The Bertz CT molecular complexity index is 767. The Morgan fingerprint density at radius 2 is 1.89 bits per heavy atom. The maximum Gasteiger partial charge on any atom is 0.233 e. The Labute approximate surface area is 168 Å². The van der Waals surface area contributed by atoms with Gasteiger partial charge in [0.1, 0.15) is 11.6 Å². The lowest BCUT2D eigenvalue weighted by Gasteiger charge is -2.24. The molecule has 0 unspecified atom stereocenters. The van der Waals surface area contributed by atoms with Crippen molar-refractivity contribution in [3.63, 3.8) is 0 Å². The summed E-state index contributed by atoms with van der Waals surface area (Å²) >= 11 is 1.38. The SMILES string of the molecule is NC(=O)CCc1nnc(SCC(=O)N2CCCCCCC2)n1Cc1ccco1. The number of carbonyl (C=O) groups excluding carboxylic acids is 2.